The van der Waals surface area contributed by atoms with E-state index < -0.39 is 0 Å². The summed E-state index contributed by atoms with van der Waals surface area (Å²) in [7, 11) is 0. The molecule has 0 spiro atoms. The summed E-state index contributed by atoms with van der Waals surface area (Å²) in [6.07, 6.45) is 0. The molecule has 0 aliphatic heterocycles. The summed E-state index contributed by atoms with van der Waals surface area (Å²) in [6, 6.07) is 76.3. The Kier molecular flexibility index (Phi) is 8.42. The summed E-state index contributed by atoms with van der Waals surface area (Å²) in [5.41, 5.74) is 14.8. The fourth-order valence-corrected chi connectivity index (χ4v) is 9.03. The summed E-state index contributed by atoms with van der Waals surface area (Å²) in [5.74, 6) is 1.91. The zero-order valence-electron chi connectivity index (χ0n) is 33.5. The molecule has 3 aromatic heterocycles. The molecular weight excluding hydrogens is 757 g/mol. The lowest BCUT2D eigenvalue weighted by molar-refractivity contribution is 0.669. The van der Waals surface area contributed by atoms with Crippen LogP contribution in [0.4, 0.5) is 0 Å². The second-order valence-corrected chi connectivity index (χ2v) is 15.5. The maximum atomic E-state index is 6.68. The summed E-state index contributed by atoms with van der Waals surface area (Å²) in [5, 5.41) is 4.65. The van der Waals surface area contributed by atoms with E-state index in [1.165, 1.54) is 32.9 Å². The van der Waals surface area contributed by atoms with Gasteiger partial charge in [-0.05, 0) is 75.8 Å². The first-order valence-electron chi connectivity index (χ1n) is 20.9. The van der Waals surface area contributed by atoms with Crippen molar-refractivity contribution in [1.82, 2.24) is 19.5 Å². The first-order chi connectivity index (χ1) is 30.7. The molecule has 0 aliphatic carbocycles. The molecule has 0 saturated heterocycles. The van der Waals surface area contributed by atoms with Crippen LogP contribution >= 0.6 is 0 Å². The lowest BCUT2D eigenvalue weighted by Crippen LogP contribution is -2.00. The van der Waals surface area contributed by atoms with Crippen molar-refractivity contribution in [3.05, 3.63) is 218 Å². The van der Waals surface area contributed by atoms with E-state index in [0.29, 0.717) is 17.5 Å². The fourth-order valence-electron chi connectivity index (χ4n) is 9.03. The van der Waals surface area contributed by atoms with E-state index in [4.69, 9.17) is 19.4 Å². The Balaban J connectivity index is 0.939. The Morgan fingerprint density at radius 2 is 0.790 bits per heavy atom. The average molecular weight is 793 g/mol. The van der Waals surface area contributed by atoms with Gasteiger partial charge in [0.15, 0.2) is 17.5 Å². The standard InChI is InChI=1S/C57H36N4O/c1-4-16-38(17-5-1)55-58-56(39-18-6-2-7-19-39)60-57(59-55)40-32-30-37(31-33-40)41-34-35-48-52(36-41)62-51-29-15-26-46(54(48)51)44-23-11-10-22-43(44)45-25-14-28-50-53(45)47-24-12-13-27-49(47)61(50)42-20-8-3-9-21-42/h1-36H. The second-order valence-electron chi connectivity index (χ2n) is 15.5. The molecule has 0 radical (unpaired) electrons. The fraction of sp³-hybridized carbons (Fsp3) is 0. The van der Waals surface area contributed by atoms with Crippen LogP contribution in [0.15, 0.2) is 223 Å². The van der Waals surface area contributed by atoms with Crippen LogP contribution in [-0.2, 0) is 0 Å². The van der Waals surface area contributed by atoms with Crippen LogP contribution in [0, 0.1) is 0 Å². The van der Waals surface area contributed by atoms with Gasteiger partial charge in [0.25, 0.3) is 0 Å². The van der Waals surface area contributed by atoms with E-state index in [-0.39, 0.29) is 0 Å². The van der Waals surface area contributed by atoms with E-state index in [0.717, 1.165) is 66.6 Å². The highest BCUT2D eigenvalue weighted by atomic mass is 16.3. The molecule has 0 aliphatic rings. The largest absolute Gasteiger partial charge is 0.456 e. The van der Waals surface area contributed by atoms with Crippen molar-refractivity contribution < 1.29 is 4.42 Å². The Bertz CT molecular complexity index is 3550. The molecule has 5 nitrogen and oxygen atoms in total. The van der Waals surface area contributed by atoms with Crippen LogP contribution in [0.25, 0.3) is 117 Å². The maximum absolute atomic E-state index is 6.68. The minimum absolute atomic E-state index is 0.628. The molecule has 62 heavy (non-hydrogen) atoms. The minimum atomic E-state index is 0.628. The van der Waals surface area contributed by atoms with Crippen LogP contribution in [-0.4, -0.2) is 19.5 Å². The molecule has 5 heteroatoms. The molecule has 0 fully saturated rings. The zero-order valence-corrected chi connectivity index (χ0v) is 33.5. The number of rotatable bonds is 7. The van der Waals surface area contributed by atoms with Crippen molar-refractivity contribution in [3.8, 4) is 73.2 Å². The van der Waals surface area contributed by atoms with Crippen LogP contribution in [0.1, 0.15) is 0 Å². The number of aromatic nitrogens is 4. The van der Waals surface area contributed by atoms with Crippen molar-refractivity contribution in [1.29, 1.82) is 0 Å². The first-order valence-corrected chi connectivity index (χ1v) is 20.9. The third kappa shape index (κ3) is 5.98. The Hall–Kier alpha value is -8.41. The molecule has 0 N–H and O–H groups in total. The normalized spacial score (nSPS) is 11.5. The summed E-state index contributed by atoms with van der Waals surface area (Å²) < 4.78 is 9.05. The molecule has 290 valence electrons. The smallest absolute Gasteiger partial charge is 0.164 e. The lowest BCUT2D eigenvalue weighted by atomic mass is 9.90. The SMILES string of the molecule is c1ccc(-c2nc(-c3ccccc3)nc(-c3ccc(-c4ccc5c(c4)oc4cccc(-c6ccccc6-c6cccc7c6c6ccccc6n7-c6ccccc6)c45)cc3)n2)cc1. The third-order valence-electron chi connectivity index (χ3n) is 11.9. The molecule has 0 amide bonds. The number of furan rings is 1. The van der Waals surface area contributed by atoms with Crippen LogP contribution < -0.4 is 0 Å². The molecule has 0 saturated carbocycles. The molecule has 0 unspecified atom stereocenters. The topological polar surface area (TPSA) is 56.7 Å². The first kappa shape index (κ1) is 35.5. The Morgan fingerprint density at radius 3 is 1.45 bits per heavy atom. The second kappa shape index (κ2) is 14.7. The van der Waals surface area contributed by atoms with E-state index in [1.807, 2.05) is 60.7 Å². The summed E-state index contributed by atoms with van der Waals surface area (Å²) in [6.45, 7) is 0. The van der Waals surface area contributed by atoms with Gasteiger partial charge in [0.2, 0.25) is 0 Å². The van der Waals surface area contributed by atoms with Crippen molar-refractivity contribution in [2.75, 3.05) is 0 Å². The maximum Gasteiger partial charge on any atom is 0.164 e. The number of hydrogen-bond acceptors (Lipinski definition) is 4. The van der Waals surface area contributed by atoms with E-state index >= 15 is 0 Å². The van der Waals surface area contributed by atoms with E-state index in [1.54, 1.807) is 0 Å². The van der Waals surface area contributed by atoms with Crippen molar-refractivity contribution in [2.24, 2.45) is 0 Å². The van der Waals surface area contributed by atoms with Gasteiger partial charge in [-0.25, -0.2) is 15.0 Å². The molecule has 0 atom stereocenters. The monoisotopic (exact) mass is 792 g/mol. The van der Waals surface area contributed by atoms with Crippen molar-refractivity contribution in [2.45, 2.75) is 0 Å². The molecule has 12 aromatic rings. The highest BCUT2D eigenvalue weighted by Gasteiger charge is 2.21. The van der Waals surface area contributed by atoms with Crippen LogP contribution in [0.2, 0.25) is 0 Å². The number of hydrogen-bond donors (Lipinski definition) is 0. The van der Waals surface area contributed by atoms with Gasteiger partial charge in [-0.3, -0.25) is 0 Å². The van der Waals surface area contributed by atoms with Gasteiger partial charge >= 0.3 is 0 Å². The van der Waals surface area contributed by atoms with Crippen molar-refractivity contribution >= 4 is 43.7 Å². The molecule has 0 bridgehead atoms. The lowest BCUT2D eigenvalue weighted by Gasteiger charge is -2.13. The number of para-hydroxylation sites is 2. The van der Waals surface area contributed by atoms with Gasteiger partial charge in [0.05, 0.1) is 11.0 Å². The third-order valence-corrected chi connectivity index (χ3v) is 11.9. The predicted molar refractivity (Wildman–Crippen MR) is 254 cm³/mol. The number of benzene rings is 9. The zero-order chi connectivity index (χ0) is 41.0. The predicted octanol–water partition coefficient (Wildman–Crippen LogP) is 14.9. The highest BCUT2D eigenvalue weighted by molar-refractivity contribution is 6.19. The number of nitrogens with zero attached hydrogens (tertiary/aromatic N) is 4. The molecule has 9 aromatic carbocycles. The highest BCUT2D eigenvalue weighted by Crippen LogP contribution is 2.45. The van der Waals surface area contributed by atoms with E-state index in [9.17, 15) is 0 Å². The number of fused-ring (bicyclic) bond motifs is 6. The van der Waals surface area contributed by atoms with Crippen LogP contribution in [0.5, 0.6) is 0 Å². The van der Waals surface area contributed by atoms with Gasteiger partial charge in [0.1, 0.15) is 11.2 Å². The van der Waals surface area contributed by atoms with Gasteiger partial charge in [-0.1, -0.05) is 176 Å². The molecular formula is C57H36N4O. The molecule has 3 heterocycles. The van der Waals surface area contributed by atoms with E-state index in [2.05, 4.69) is 162 Å². The minimum Gasteiger partial charge on any atom is -0.456 e. The molecule has 12 rings (SSSR count). The van der Waals surface area contributed by atoms with Crippen molar-refractivity contribution in [3.63, 3.8) is 0 Å². The van der Waals surface area contributed by atoms with Gasteiger partial charge in [-0.2, -0.15) is 0 Å². The van der Waals surface area contributed by atoms with Gasteiger partial charge in [0, 0.05) is 43.9 Å². The quantitative estimate of drug-likeness (QED) is 0.161. The summed E-state index contributed by atoms with van der Waals surface area (Å²) >= 11 is 0. The van der Waals surface area contributed by atoms with Gasteiger partial charge in [-0.15, -0.1) is 0 Å². The summed E-state index contributed by atoms with van der Waals surface area (Å²) in [4.78, 5) is 14.7. The Labute approximate surface area is 357 Å². The average Bonchev–Trinajstić information content (AvgIpc) is 3.90. The van der Waals surface area contributed by atoms with Gasteiger partial charge < -0.3 is 8.98 Å². The van der Waals surface area contributed by atoms with Crippen LogP contribution in [0.3, 0.4) is 0 Å². The Morgan fingerprint density at radius 1 is 0.306 bits per heavy atom.